The molecule has 5 atom stereocenters. The smallest absolute Gasteiger partial charge is 0.239 e. The predicted octanol–water partition coefficient (Wildman–Crippen LogP) is 3.24. The molecule has 6 heteroatoms. The highest BCUT2D eigenvalue weighted by Gasteiger charge is 2.44. The molecular weight excluding hydrogens is 345 g/mol. The van der Waals surface area contributed by atoms with Gasteiger partial charge >= 0.3 is 0 Å². The summed E-state index contributed by atoms with van der Waals surface area (Å²) in [4.78, 5) is 18.0. The second kappa shape index (κ2) is 10.7. The van der Waals surface area contributed by atoms with Gasteiger partial charge in [-0.3, -0.25) is 9.63 Å². The Kier molecular flexibility index (Phi) is 8.34. The first-order chi connectivity index (χ1) is 13.1. The van der Waals surface area contributed by atoms with Crippen molar-refractivity contribution in [1.82, 2.24) is 16.1 Å². The molecule has 5 nitrogen and oxygen atoms in total. The van der Waals surface area contributed by atoms with Crippen LogP contribution in [-0.2, 0) is 9.63 Å². The Bertz CT molecular complexity index is 443. The van der Waals surface area contributed by atoms with E-state index in [4.69, 9.17) is 4.84 Å². The Labute approximate surface area is 163 Å². The topological polar surface area (TPSA) is 62.4 Å². The van der Waals surface area contributed by atoms with Gasteiger partial charge in [0, 0.05) is 12.0 Å². The molecule has 0 aromatic heterocycles. The number of alkyl halides is 1. The van der Waals surface area contributed by atoms with Crippen LogP contribution >= 0.6 is 0 Å². The molecule has 2 heterocycles. The highest BCUT2D eigenvalue weighted by Crippen LogP contribution is 2.38. The number of halogens is 1. The number of hydroxylamine groups is 1. The van der Waals surface area contributed by atoms with Gasteiger partial charge in [0.05, 0.1) is 6.10 Å². The maximum absolute atomic E-state index is 14.1. The number of nitrogens with one attached hydrogen (secondary N) is 3. The van der Waals surface area contributed by atoms with Crippen molar-refractivity contribution in [2.24, 2.45) is 11.8 Å². The van der Waals surface area contributed by atoms with Crippen LogP contribution in [0.1, 0.15) is 77.6 Å². The van der Waals surface area contributed by atoms with E-state index < -0.39 is 12.2 Å². The van der Waals surface area contributed by atoms with Crippen LogP contribution in [0.3, 0.4) is 0 Å². The summed E-state index contributed by atoms with van der Waals surface area (Å²) in [6.45, 7) is 4.60. The molecule has 4 fully saturated rings. The van der Waals surface area contributed by atoms with E-state index in [-0.39, 0.29) is 24.0 Å². The molecule has 2 aliphatic heterocycles. The van der Waals surface area contributed by atoms with Gasteiger partial charge in [0.1, 0.15) is 12.2 Å². The maximum Gasteiger partial charge on any atom is 0.239 e. The van der Waals surface area contributed by atoms with Crippen LogP contribution in [0.5, 0.6) is 0 Å². The first kappa shape index (κ1) is 21.0. The fraction of sp³-hybridized carbons (Fsp3) is 0.952. The molecule has 0 bridgehead atoms. The number of rotatable bonds is 2. The third-order valence-corrected chi connectivity index (χ3v) is 6.67. The van der Waals surface area contributed by atoms with E-state index in [0.717, 1.165) is 19.3 Å². The molecule has 2 saturated heterocycles. The first-order valence-electron chi connectivity index (χ1n) is 11.2. The predicted molar refractivity (Wildman–Crippen MR) is 105 cm³/mol. The highest BCUT2D eigenvalue weighted by atomic mass is 19.1. The Morgan fingerprint density at radius 3 is 2.33 bits per heavy atom. The lowest BCUT2D eigenvalue weighted by Gasteiger charge is -2.43. The molecule has 0 spiro atoms. The van der Waals surface area contributed by atoms with Crippen molar-refractivity contribution in [3.05, 3.63) is 0 Å². The maximum atomic E-state index is 14.1. The summed E-state index contributed by atoms with van der Waals surface area (Å²) in [5.74, 6) is 0.194. The zero-order valence-corrected chi connectivity index (χ0v) is 16.9. The van der Waals surface area contributed by atoms with Crippen LogP contribution in [0.25, 0.3) is 0 Å². The number of piperidine rings is 1. The third-order valence-electron chi connectivity index (χ3n) is 6.67. The standard InChI is InChI=1S/C16H27FN2O2.C5H11N/c1-10-7-8-13(17)12-9-14(19-21-15(10)12)16(20)18-11-5-3-2-4-6-11;1-2-4-6-5-3-1/h10-15,19H,2-9H2,1H3,(H,18,20);6H,1-5H2. The first-order valence-corrected chi connectivity index (χ1v) is 11.2. The van der Waals surface area contributed by atoms with E-state index in [0.29, 0.717) is 18.8 Å². The van der Waals surface area contributed by atoms with Gasteiger partial charge in [0.15, 0.2) is 0 Å². The molecule has 0 radical (unpaired) electrons. The van der Waals surface area contributed by atoms with Crippen LogP contribution in [0, 0.1) is 11.8 Å². The highest BCUT2D eigenvalue weighted by molar-refractivity contribution is 5.82. The quantitative estimate of drug-likeness (QED) is 0.685. The number of carbonyl (C=O) groups excluding carboxylic acids is 1. The number of carbonyl (C=O) groups is 1. The summed E-state index contributed by atoms with van der Waals surface area (Å²) in [6, 6.07) is -0.117. The van der Waals surface area contributed by atoms with Crippen molar-refractivity contribution in [1.29, 1.82) is 0 Å². The van der Waals surface area contributed by atoms with E-state index >= 15 is 0 Å². The Morgan fingerprint density at radius 2 is 1.70 bits per heavy atom. The molecule has 156 valence electrons. The van der Waals surface area contributed by atoms with Gasteiger partial charge in [0.2, 0.25) is 5.91 Å². The number of hydrogen-bond donors (Lipinski definition) is 3. The zero-order chi connectivity index (χ0) is 19.1. The van der Waals surface area contributed by atoms with Gasteiger partial charge in [-0.05, 0) is 64.0 Å². The van der Waals surface area contributed by atoms with Gasteiger partial charge in [-0.1, -0.05) is 32.6 Å². The minimum atomic E-state index is -0.835. The SMILES string of the molecule is C1CCNCC1.CC1CCC(F)C2CC(C(=O)NC3CCCCC3)NOC12. The number of fused-ring (bicyclic) bond motifs is 1. The van der Waals surface area contributed by atoms with Crippen LogP contribution < -0.4 is 16.1 Å². The normalized spacial score (nSPS) is 37.5. The van der Waals surface area contributed by atoms with Gasteiger partial charge in [-0.2, -0.15) is 5.48 Å². The molecule has 2 saturated carbocycles. The molecular formula is C21H38FN3O2. The lowest BCUT2D eigenvalue weighted by atomic mass is 9.75. The van der Waals surface area contributed by atoms with Crippen molar-refractivity contribution in [3.8, 4) is 0 Å². The number of amides is 1. The Balaban J connectivity index is 0.000000299. The fourth-order valence-corrected chi connectivity index (χ4v) is 4.91. The molecule has 1 amide bonds. The summed E-state index contributed by atoms with van der Waals surface area (Å²) >= 11 is 0. The van der Waals surface area contributed by atoms with E-state index in [1.807, 2.05) is 0 Å². The molecule has 2 aliphatic carbocycles. The summed E-state index contributed by atoms with van der Waals surface area (Å²) in [5.41, 5.74) is 2.88. The summed E-state index contributed by atoms with van der Waals surface area (Å²) in [5, 5.41) is 6.39. The van der Waals surface area contributed by atoms with Crippen molar-refractivity contribution in [2.45, 2.75) is 102 Å². The summed E-state index contributed by atoms with van der Waals surface area (Å²) < 4.78 is 14.1. The zero-order valence-electron chi connectivity index (χ0n) is 16.9. The Morgan fingerprint density at radius 1 is 1.00 bits per heavy atom. The largest absolute Gasteiger partial charge is 0.352 e. The van der Waals surface area contributed by atoms with Crippen LogP contribution in [-0.4, -0.2) is 43.4 Å². The van der Waals surface area contributed by atoms with Crippen molar-refractivity contribution >= 4 is 5.91 Å². The van der Waals surface area contributed by atoms with Gasteiger partial charge in [-0.15, -0.1) is 0 Å². The lowest BCUT2D eigenvalue weighted by Crippen LogP contribution is -2.58. The molecule has 4 rings (SSSR count). The summed E-state index contributed by atoms with van der Waals surface area (Å²) in [6.07, 6.45) is 11.1. The second-order valence-electron chi connectivity index (χ2n) is 8.88. The van der Waals surface area contributed by atoms with Gasteiger partial charge in [0.25, 0.3) is 0 Å². The minimum absolute atomic E-state index is 0.0224. The molecule has 0 aromatic rings. The van der Waals surface area contributed by atoms with E-state index in [1.54, 1.807) is 0 Å². The van der Waals surface area contributed by atoms with Gasteiger partial charge < -0.3 is 10.6 Å². The third kappa shape index (κ3) is 6.13. The molecule has 3 N–H and O–H groups in total. The van der Waals surface area contributed by atoms with Crippen molar-refractivity contribution in [3.63, 3.8) is 0 Å². The molecule has 4 aliphatic rings. The second-order valence-corrected chi connectivity index (χ2v) is 8.88. The van der Waals surface area contributed by atoms with E-state index in [1.165, 1.54) is 51.6 Å². The van der Waals surface area contributed by atoms with Crippen LogP contribution in [0.15, 0.2) is 0 Å². The van der Waals surface area contributed by atoms with Crippen LogP contribution in [0.2, 0.25) is 0 Å². The fourth-order valence-electron chi connectivity index (χ4n) is 4.91. The lowest BCUT2D eigenvalue weighted by molar-refractivity contribution is -0.172. The van der Waals surface area contributed by atoms with Gasteiger partial charge in [-0.25, -0.2) is 4.39 Å². The Hall–Kier alpha value is -0.720. The van der Waals surface area contributed by atoms with Crippen LogP contribution in [0.4, 0.5) is 4.39 Å². The van der Waals surface area contributed by atoms with Crippen molar-refractivity contribution in [2.75, 3.05) is 13.1 Å². The average Bonchev–Trinajstić information content (AvgIpc) is 2.73. The van der Waals surface area contributed by atoms with Crippen molar-refractivity contribution < 1.29 is 14.0 Å². The molecule has 27 heavy (non-hydrogen) atoms. The van der Waals surface area contributed by atoms with E-state index in [9.17, 15) is 9.18 Å². The average molecular weight is 384 g/mol. The minimum Gasteiger partial charge on any atom is -0.352 e. The summed E-state index contributed by atoms with van der Waals surface area (Å²) in [7, 11) is 0. The number of hydrogen-bond acceptors (Lipinski definition) is 4. The monoisotopic (exact) mass is 383 g/mol. The molecule has 0 aromatic carbocycles. The van der Waals surface area contributed by atoms with E-state index in [2.05, 4.69) is 23.0 Å². The molecule has 5 unspecified atom stereocenters.